The van der Waals surface area contributed by atoms with Crippen molar-refractivity contribution in [3.63, 3.8) is 0 Å². The van der Waals surface area contributed by atoms with Gasteiger partial charge in [0, 0.05) is 25.7 Å². The Morgan fingerprint density at radius 2 is 0.600 bits per heavy atom. The fourth-order valence-corrected chi connectivity index (χ4v) is 11.8. The molecule has 2 unspecified atom stereocenters. The molecule has 0 aromatic rings. The second kappa shape index (κ2) is 62.6. The van der Waals surface area contributed by atoms with E-state index in [1.54, 1.807) is 0 Å². The van der Waals surface area contributed by atoms with Crippen LogP contribution >= 0.6 is 15.6 Å². The number of phosphoric ester groups is 2. The Labute approximate surface area is 548 Å². The van der Waals surface area contributed by atoms with Crippen molar-refractivity contribution < 1.29 is 80.2 Å². The monoisotopic (exact) mass is 1320 g/mol. The van der Waals surface area contributed by atoms with Crippen LogP contribution in [0, 0.1) is 11.8 Å². The van der Waals surface area contributed by atoms with Crippen LogP contribution in [0.4, 0.5) is 0 Å². The van der Waals surface area contributed by atoms with Gasteiger partial charge in [0.2, 0.25) is 0 Å². The smallest absolute Gasteiger partial charge is 0.462 e. The molecule has 0 amide bonds. The van der Waals surface area contributed by atoms with E-state index in [4.69, 9.17) is 37.0 Å². The molecule has 0 aliphatic carbocycles. The van der Waals surface area contributed by atoms with Gasteiger partial charge in [0.05, 0.1) is 26.4 Å². The number of aliphatic hydroxyl groups is 1. The third-order valence-corrected chi connectivity index (χ3v) is 17.7. The number of aliphatic hydroxyl groups excluding tert-OH is 1. The number of allylic oxidation sites excluding steroid dienone is 4. The highest BCUT2D eigenvalue weighted by Crippen LogP contribution is 2.45. The van der Waals surface area contributed by atoms with Crippen LogP contribution in [-0.4, -0.2) is 96.7 Å². The Bertz CT molecular complexity index is 1850. The molecule has 0 aromatic heterocycles. The molecule has 19 heteroatoms. The highest BCUT2D eigenvalue weighted by molar-refractivity contribution is 7.47. The lowest BCUT2D eigenvalue weighted by atomic mass is 10.0. The molecule has 0 heterocycles. The first-order chi connectivity index (χ1) is 43.4. The van der Waals surface area contributed by atoms with Crippen molar-refractivity contribution in [3.05, 3.63) is 24.3 Å². The zero-order valence-corrected chi connectivity index (χ0v) is 59.7. The number of carbonyl (C=O) groups excluding carboxylic acids is 4. The van der Waals surface area contributed by atoms with Crippen LogP contribution in [-0.2, 0) is 65.4 Å². The third kappa shape index (κ3) is 64.3. The maximum atomic E-state index is 13.0. The highest BCUT2D eigenvalue weighted by atomic mass is 31.2. The Morgan fingerprint density at radius 1 is 0.344 bits per heavy atom. The summed E-state index contributed by atoms with van der Waals surface area (Å²) in [6.07, 6.45) is 50.9. The van der Waals surface area contributed by atoms with Gasteiger partial charge >= 0.3 is 39.5 Å². The van der Waals surface area contributed by atoms with Crippen LogP contribution in [0.15, 0.2) is 24.3 Å². The van der Waals surface area contributed by atoms with Gasteiger partial charge in [0.25, 0.3) is 0 Å². The van der Waals surface area contributed by atoms with Gasteiger partial charge in [0.1, 0.15) is 19.3 Å². The van der Waals surface area contributed by atoms with E-state index in [9.17, 15) is 43.2 Å². The van der Waals surface area contributed by atoms with Gasteiger partial charge in [-0.1, -0.05) is 284 Å². The molecule has 5 atom stereocenters. The normalized spacial score (nSPS) is 14.3. The summed E-state index contributed by atoms with van der Waals surface area (Å²) in [6, 6.07) is 0. The van der Waals surface area contributed by atoms with Crippen LogP contribution in [0.1, 0.15) is 337 Å². The van der Waals surface area contributed by atoms with E-state index in [1.165, 1.54) is 128 Å². The van der Waals surface area contributed by atoms with E-state index >= 15 is 0 Å². The van der Waals surface area contributed by atoms with Crippen molar-refractivity contribution in [2.45, 2.75) is 355 Å². The predicted octanol–water partition coefficient (Wildman–Crippen LogP) is 19.9. The Morgan fingerprint density at radius 3 is 0.911 bits per heavy atom. The van der Waals surface area contributed by atoms with Gasteiger partial charge in [-0.2, -0.15) is 0 Å². The zero-order valence-electron chi connectivity index (χ0n) is 57.9. The number of unbranched alkanes of at least 4 members (excludes halogenated alkanes) is 35. The minimum atomic E-state index is -4.96. The van der Waals surface area contributed by atoms with E-state index in [1.807, 2.05) is 0 Å². The van der Waals surface area contributed by atoms with E-state index in [0.29, 0.717) is 25.7 Å². The van der Waals surface area contributed by atoms with Crippen molar-refractivity contribution in [1.29, 1.82) is 0 Å². The molecule has 530 valence electrons. The molecular weight excluding hydrogens is 1190 g/mol. The fourth-order valence-electron chi connectivity index (χ4n) is 10.2. The van der Waals surface area contributed by atoms with Crippen LogP contribution in [0.25, 0.3) is 0 Å². The quantitative estimate of drug-likeness (QED) is 0.0169. The van der Waals surface area contributed by atoms with E-state index in [0.717, 1.165) is 127 Å². The minimum absolute atomic E-state index is 0.0849. The number of hydrogen-bond donors (Lipinski definition) is 3. The number of esters is 4. The van der Waals surface area contributed by atoms with Crippen LogP contribution < -0.4 is 0 Å². The molecule has 0 spiro atoms. The summed E-state index contributed by atoms with van der Waals surface area (Å²) in [6.45, 7) is 9.45. The third-order valence-electron chi connectivity index (χ3n) is 15.8. The second-order valence-corrected chi connectivity index (χ2v) is 28.8. The Hall–Kier alpha value is -2.46. The Kier molecular flexibility index (Phi) is 60.9. The maximum absolute atomic E-state index is 13.0. The van der Waals surface area contributed by atoms with Gasteiger partial charge in [-0.05, 0) is 63.2 Å². The first kappa shape index (κ1) is 87.5. The minimum Gasteiger partial charge on any atom is -0.462 e. The first-order valence-electron chi connectivity index (χ1n) is 36.3. The molecule has 0 bridgehead atoms. The van der Waals surface area contributed by atoms with Crippen molar-refractivity contribution in [2.24, 2.45) is 11.8 Å². The molecule has 0 fully saturated rings. The molecule has 0 rings (SSSR count). The summed E-state index contributed by atoms with van der Waals surface area (Å²) < 4.78 is 68.2. The maximum Gasteiger partial charge on any atom is 0.472 e. The molecule has 0 aliphatic heterocycles. The summed E-state index contributed by atoms with van der Waals surface area (Å²) in [5, 5.41) is 10.6. The summed E-state index contributed by atoms with van der Waals surface area (Å²) in [5.74, 6) is -0.628. The van der Waals surface area contributed by atoms with Crippen LogP contribution in [0.3, 0.4) is 0 Å². The average molecular weight is 1320 g/mol. The van der Waals surface area contributed by atoms with E-state index in [-0.39, 0.29) is 25.7 Å². The molecule has 0 radical (unpaired) electrons. The zero-order chi connectivity index (χ0) is 66.5. The highest BCUT2D eigenvalue weighted by Gasteiger charge is 2.30. The Balaban J connectivity index is 5.25. The molecule has 0 saturated heterocycles. The van der Waals surface area contributed by atoms with Gasteiger partial charge in [-0.15, -0.1) is 0 Å². The topological polar surface area (TPSA) is 237 Å². The van der Waals surface area contributed by atoms with E-state index < -0.39 is 97.5 Å². The number of hydrogen-bond acceptors (Lipinski definition) is 15. The fraction of sp³-hybridized carbons (Fsp3) is 0.887. The van der Waals surface area contributed by atoms with Crippen molar-refractivity contribution >= 4 is 39.5 Å². The van der Waals surface area contributed by atoms with Crippen LogP contribution in [0.5, 0.6) is 0 Å². The van der Waals surface area contributed by atoms with Gasteiger partial charge in [-0.25, -0.2) is 9.13 Å². The molecule has 0 aliphatic rings. The number of ether oxygens (including phenoxy) is 4. The van der Waals surface area contributed by atoms with Gasteiger partial charge < -0.3 is 33.8 Å². The number of phosphoric acid groups is 2. The van der Waals surface area contributed by atoms with Gasteiger partial charge in [0.15, 0.2) is 12.2 Å². The molecule has 17 nitrogen and oxygen atoms in total. The second-order valence-electron chi connectivity index (χ2n) is 25.9. The lowest BCUT2D eigenvalue weighted by molar-refractivity contribution is -0.161. The lowest BCUT2D eigenvalue weighted by Crippen LogP contribution is -2.30. The number of carbonyl (C=O) groups is 4. The van der Waals surface area contributed by atoms with Crippen molar-refractivity contribution in [1.82, 2.24) is 0 Å². The van der Waals surface area contributed by atoms with Gasteiger partial charge in [-0.3, -0.25) is 37.3 Å². The lowest BCUT2D eigenvalue weighted by Gasteiger charge is -2.21. The molecule has 0 aromatic carbocycles. The molecular formula is C71H134O17P2. The summed E-state index contributed by atoms with van der Waals surface area (Å²) >= 11 is 0. The largest absolute Gasteiger partial charge is 0.472 e. The standard InChI is InChI=1S/C71H134O17P2/c1-7-9-11-13-15-16-17-18-19-20-25-31-37-43-49-55-70(75)88-67(60-82-69(74)54-48-42-36-30-24-22-21-23-28-34-39-45-51-63(3)4)62-86-90(79,80)84-58-65(72)57-83-89(77,78)85-61-66(59-81-68(73)53-47-41-33-14-12-10-8-2)87-71(76)56-50-44-38-32-27-26-29-35-40-46-52-64(5)6/h16-19,63-67,72H,7-15,20-62H2,1-6H3,(H,77,78)(H,79,80)/b17-16-,19-18-/t65-,66+,67+/m0/s1. The summed E-state index contributed by atoms with van der Waals surface area (Å²) in [7, 11) is -9.91. The predicted molar refractivity (Wildman–Crippen MR) is 363 cm³/mol. The average Bonchev–Trinajstić information content (AvgIpc) is 3.32. The summed E-state index contributed by atoms with van der Waals surface area (Å²) in [5.41, 5.74) is 0. The van der Waals surface area contributed by atoms with Crippen molar-refractivity contribution in [2.75, 3.05) is 39.6 Å². The molecule has 3 N–H and O–H groups in total. The molecule has 90 heavy (non-hydrogen) atoms. The SMILES string of the molecule is CCCCCC/C=C\C=C/CCCCCCCC(=O)O[C@H](COC(=O)CCCCCCCCCCCCCCC(C)C)COP(=O)(O)OC[C@@H](O)COP(=O)(O)OC[C@@H](COC(=O)CCCCCCCCC)OC(=O)CCCCCCCCCCCCC(C)C. The first-order valence-corrected chi connectivity index (χ1v) is 39.3. The van der Waals surface area contributed by atoms with E-state index in [2.05, 4.69) is 65.8 Å². The van der Waals surface area contributed by atoms with Crippen molar-refractivity contribution in [3.8, 4) is 0 Å². The number of rotatable bonds is 68. The summed E-state index contributed by atoms with van der Waals surface area (Å²) in [4.78, 5) is 72.4. The van der Waals surface area contributed by atoms with Crippen LogP contribution in [0.2, 0.25) is 0 Å². The molecule has 0 saturated carbocycles.